The Bertz CT molecular complexity index is 1140. The number of hydrogen-bond donors (Lipinski definition) is 1. The van der Waals surface area contributed by atoms with Crippen molar-refractivity contribution in [2.75, 3.05) is 5.32 Å². The Hall–Kier alpha value is -2.77. The van der Waals surface area contributed by atoms with Crippen LogP contribution in [0.1, 0.15) is 17.3 Å². The van der Waals surface area contributed by atoms with Gasteiger partial charge in [0.05, 0.1) is 33.4 Å². The van der Waals surface area contributed by atoms with Crippen molar-refractivity contribution in [3.8, 4) is 10.6 Å². The molecule has 0 saturated heterocycles. The molecule has 0 saturated carbocycles. The van der Waals surface area contributed by atoms with Crippen molar-refractivity contribution in [2.45, 2.75) is 13.5 Å². The lowest BCUT2D eigenvalue weighted by molar-refractivity contribution is 0.102. The minimum atomic E-state index is -0.594. The van der Waals surface area contributed by atoms with Crippen molar-refractivity contribution in [1.29, 1.82) is 0 Å². The maximum atomic E-state index is 14.1. The van der Waals surface area contributed by atoms with Gasteiger partial charge in [0.2, 0.25) is 0 Å². The number of anilines is 1. The fraction of sp³-hybridized carbons (Fsp3) is 0.105. The molecule has 0 spiro atoms. The second-order valence-electron chi connectivity index (χ2n) is 5.81. The molecule has 0 atom stereocenters. The van der Waals surface area contributed by atoms with E-state index in [0.717, 1.165) is 10.9 Å². The van der Waals surface area contributed by atoms with Gasteiger partial charge in [-0.2, -0.15) is 5.10 Å². The monoisotopic (exact) mass is 400 g/mol. The van der Waals surface area contributed by atoms with Crippen molar-refractivity contribution in [1.82, 2.24) is 14.8 Å². The van der Waals surface area contributed by atoms with Crippen LogP contribution in [-0.2, 0) is 6.54 Å². The molecule has 3 heterocycles. The topological polar surface area (TPSA) is 59.8 Å². The van der Waals surface area contributed by atoms with E-state index in [1.807, 2.05) is 24.4 Å². The Balaban J connectivity index is 1.82. The summed E-state index contributed by atoms with van der Waals surface area (Å²) in [6.07, 6.45) is 1.61. The zero-order valence-corrected chi connectivity index (χ0v) is 15.8. The van der Waals surface area contributed by atoms with Crippen LogP contribution in [-0.4, -0.2) is 20.7 Å². The van der Waals surface area contributed by atoms with Crippen molar-refractivity contribution >= 4 is 45.6 Å². The first-order valence-electron chi connectivity index (χ1n) is 8.23. The quantitative estimate of drug-likeness (QED) is 0.510. The molecular weight excluding hydrogens is 387 g/mol. The molecule has 0 bridgehead atoms. The summed E-state index contributed by atoms with van der Waals surface area (Å²) in [6, 6.07) is 9.68. The lowest BCUT2D eigenvalue weighted by Gasteiger charge is -2.09. The molecule has 136 valence electrons. The molecular formula is C19H14ClFN4OS. The van der Waals surface area contributed by atoms with Crippen LogP contribution in [0.15, 0.2) is 48.0 Å². The molecule has 4 aromatic rings. The average Bonchev–Trinajstić information content (AvgIpc) is 3.32. The molecule has 1 amide bonds. The summed E-state index contributed by atoms with van der Waals surface area (Å²) in [7, 11) is 0. The summed E-state index contributed by atoms with van der Waals surface area (Å²) in [4.78, 5) is 18.5. The first kappa shape index (κ1) is 17.6. The van der Waals surface area contributed by atoms with Crippen molar-refractivity contribution in [3.05, 3.63) is 64.4 Å². The fourth-order valence-electron chi connectivity index (χ4n) is 2.80. The number of pyridine rings is 1. The van der Waals surface area contributed by atoms with Gasteiger partial charge in [0, 0.05) is 11.6 Å². The minimum Gasteiger partial charge on any atom is -0.319 e. The van der Waals surface area contributed by atoms with Crippen LogP contribution in [0.3, 0.4) is 0 Å². The van der Waals surface area contributed by atoms with Crippen LogP contribution in [0.2, 0.25) is 5.02 Å². The first-order valence-corrected chi connectivity index (χ1v) is 9.49. The van der Waals surface area contributed by atoms with E-state index in [9.17, 15) is 9.18 Å². The Labute approximate surface area is 163 Å². The molecule has 0 unspecified atom stereocenters. The van der Waals surface area contributed by atoms with Crippen LogP contribution in [0.25, 0.3) is 21.6 Å². The lowest BCUT2D eigenvalue weighted by atomic mass is 10.1. The molecule has 0 aliphatic heterocycles. The molecule has 1 aromatic carbocycles. The largest absolute Gasteiger partial charge is 0.319 e. The van der Waals surface area contributed by atoms with E-state index < -0.39 is 11.7 Å². The summed E-state index contributed by atoms with van der Waals surface area (Å²) in [6.45, 7) is 2.58. The first-order chi connectivity index (χ1) is 13.1. The maximum absolute atomic E-state index is 14.1. The minimum absolute atomic E-state index is 0.0647. The normalized spacial score (nSPS) is 11.1. The van der Waals surface area contributed by atoms with E-state index in [2.05, 4.69) is 15.4 Å². The number of benzene rings is 1. The highest BCUT2D eigenvalue weighted by Crippen LogP contribution is 2.29. The molecule has 0 aliphatic carbocycles. The number of thiophene rings is 1. The molecule has 5 nitrogen and oxygen atoms in total. The Morgan fingerprint density at radius 2 is 2.19 bits per heavy atom. The van der Waals surface area contributed by atoms with E-state index in [4.69, 9.17) is 11.6 Å². The van der Waals surface area contributed by atoms with E-state index in [1.54, 1.807) is 16.9 Å². The van der Waals surface area contributed by atoms with Gasteiger partial charge >= 0.3 is 0 Å². The van der Waals surface area contributed by atoms with Crippen molar-refractivity contribution in [2.24, 2.45) is 0 Å². The highest BCUT2D eigenvalue weighted by atomic mass is 35.5. The third-order valence-corrected chi connectivity index (χ3v) is 5.23. The number of amides is 1. The Morgan fingerprint density at radius 1 is 1.33 bits per heavy atom. The summed E-state index contributed by atoms with van der Waals surface area (Å²) in [5.41, 5.74) is 1.74. The van der Waals surface area contributed by atoms with Gasteiger partial charge in [0.15, 0.2) is 5.65 Å². The van der Waals surface area contributed by atoms with E-state index in [0.29, 0.717) is 28.8 Å². The number of nitrogens with zero attached hydrogens (tertiary/aromatic N) is 3. The van der Waals surface area contributed by atoms with Crippen LogP contribution < -0.4 is 5.32 Å². The number of aromatic nitrogens is 3. The number of nitrogens with one attached hydrogen (secondary N) is 1. The molecule has 0 fully saturated rings. The third-order valence-electron chi connectivity index (χ3n) is 4.11. The molecule has 3 aromatic heterocycles. The molecule has 4 rings (SSSR count). The number of carbonyl (C=O) groups is 1. The van der Waals surface area contributed by atoms with E-state index >= 15 is 0 Å². The summed E-state index contributed by atoms with van der Waals surface area (Å²) in [5, 5.41) is 9.74. The van der Waals surface area contributed by atoms with E-state index in [1.165, 1.54) is 23.5 Å². The molecule has 0 radical (unpaired) electrons. The van der Waals surface area contributed by atoms with E-state index in [-0.39, 0.29) is 10.7 Å². The summed E-state index contributed by atoms with van der Waals surface area (Å²) >= 11 is 7.30. The van der Waals surface area contributed by atoms with Gasteiger partial charge in [0.1, 0.15) is 5.82 Å². The number of halogens is 2. The van der Waals surface area contributed by atoms with Gasteiger partial charge in [-0.1, -0.05) is 17.7 Å². The van der Waals surface area contributed by atoms with Crippen LogP contribution in [0.4, 0.5) is 10.1 Å². The number of aryl methyl sites for hydroxylation is 1. The fourth-order valence-corrected chi connectivity index (χ4v) is 3.64. The van der Waals surface area contributed by atoms with Gasteiger partial charge in [0.25, 0.3) is 5.91 Å². The number of carbonyl (C=O) groups excluding carboxylic acids is 1. The Morgan fingerprint density at radius 3 is 2.89 bits per heavy atom. The van der Waals surface area contributed by atoms with Crippen LogP contribution >= 0.6 is 22.9 Å². The Kier molecular flexibility index (Phi) is 4.63. The predicted octanol–water partition coefficient (Wildman–Crippen LogP) is 5.22. The second-order valence-corrected chi connectivity index (χ2v) is 7.19. The highest BCUT2D eigenvalue weighted by Gasteiger charge is 2.18. The van der Waals surface area contributed by atoms with Gasteiger partial charge < -0.3 is 5.32 Å². The van der Waals surface area contributed by atoms with Gasteiger partial charge in [-0.05, 0) is 42.6 Å². The molecule has 1 N–H and O–H groups in total. The smallest absolute Gasteiger partial charge is 0.256 e. The van der Waals surface area contributed by atoms with Crippen LogP contribution in [0, 0.1) is 5.82 Å². The number of fused-ring (bicyclic) bond motifs is 1. The van der Waals surface area contributed by atoms with Gasteiger partial charge in [-0.15, -0.1) is 11.3 Å². The molecule has 8 heteroatoms. The standard InChI is InChI=1S/C19H14ClFN4OS/c1-2-25-18-13(10-22-25)12(9-16(23-18)17-4-3-7-27-17)19(26)24-15-6-5-11(20)8-14(15)21/h3-10H,2H2,1H3,(H,24,26). The number of rotatable bonds is 4. The predicted molar refractivity (Wildman–Crippen MR) is 106 cm³/mol. The SMILES string of the molecule is CCn1ncc2c(C(=O)Nc3ccc(Cl)cc3F)cc(-c3cccs3)nc21. The van der Waals surface area contributed by atoms with Crippen molar-refractivity contribution < 1.29 is 9.18 Å². The zero-order chi connectivity index (χ0) is 19.0. The second kappa shape index (κ2) is 7.09. The summed E-state index contributed by atoms with van der Waals surface area (Å²) < 4.78 is 15.8. The highest BCUT2D eigenvalue weighted by molar-refractivity contribution is 7.13. The molecule has 0 aliphatic rings. The maximum Gasteiger partial charge on any atom is 0.256 e. The van der Waals surface area contributed by atoms with Crippen LogP contribution in [0.5, 0.6) is 0 Å². The zero-order valence-electron chi connectivity index (χ0n) is 14.2. The lowest BCUT2D eigenvalue weighted by Crippen LogP contribution is -2.14. The van der Waals surface area contributed by atoms with Gasteiger partial charge in [-0.25, -0.2) is 14.1 Å². The number of hydrogen-bond acceptors (Lipinski definition) is 4. The van der Waals surface area contributed by atoms with Crippen molar-refractivity contribution in [3.63, 3.8) is 0 Å². The van der Waals surface area contributed by atoms with Gasteiger partial charge in [-0.3, -0.25) is 4.79 Å². The average molecular weight is 401 g/mol. The molecule has 27 heavy (non-hydrogen) atoms. The third kappa shape index (κ3) is 3.31. The summed E-state index contributed by atoms with van der Waals surface area (Å²) in [5.74, 6) is -1.03.